The third-order valence-corrected chi connectivity index (χ3v) is 4.01. The van der Waals surface area contributed by atoms with Gasteiger partial charge >= 0.3 is 6.36 Å². The Morgan fingerprint density at radius 2 is 2.04 bits per heavy atom. The molecule has 2 atom stereocenters. The summed E-state index contributed by atoms with van der Waals surface area (Å²) in [6.07, 6.45) is -3.39. The van der Waals surface area contributed by atoms with Crippen LogP contribution in [0.5, 0.6) is 5.75 Å². The Morgan fingerprint density at radius 1 is 1.37 bits per heavy atom. The summed E-state index contributed by atoms with van der Waals surface area (Å²) in [5.41, 5.74) is 6.50. The third-order valence-electron chi connectivity index (χ3n) is 4.01. The maximum atomic E-state index is 12.3. The maximum Gasteiger partial charge on any atom is 0.573 e. The number of amides is 1. The zero-order chi connectivity index (χ0) is 18.6. The second-order valence-corrected chi connectivity index (χ2v) is 6.72. The first-order valence-corrected chi connectivity index (χ1v) is 8.31. The Hall–Kier alpha value is -1.38. The monoisotopic (exact) mass is 431 g/mol. The van der Waals surface area contributed by atoms with Gasteiger partial charge in [-0.05, 0) is 30.9 Å². The number of nitrogens with two attached hydrogens (primary N) is 1. The molecule has 27 heavy (non-hydrogen) atoms. The van der Waals surface area contributed by atoms with Crippen molar-refractivity contribution in [2.45, 2.75) is 45.1 Å². The van der Waals surface area contributed by atoms with Crippen molar-refractivity contribution in [2.75, 3.05) is 18.0 Å². The average Bonchev–Trinajstić information content (AvgIpc) is 2.93. The standard InChI is InChI=1S/C17H24F3N3O2.2ClH/c1-11(2)8-15(21)16(24)22-12-6-7-23(10-12)13-4-3-5-14(9-13)25-17(18,19)20;;/h3-5,9,11-12,15H,6-8,10,21H2,1-2H3,(H,22,24);2*1H/t12?,15-;;/m0../s1. The molecule has 1 unspecified atom stereocenters. The normalized spacial score (nSPS) is 17.7. The van der Waals surface area contributed by atoms with Gasteiger partial charge in [-0.2, -0.15) is 0 Å². The maximum absolute atomic E-state index is 12.3. The van der Waals surface area contributed by atoms with Crippen LogP contribution in [0.15, 0.2) is 24.3 Å². The van der Waals surface area contributed by atoms with Gasteiger partial charge in [-0.25, -0.2) is 0 Å². The zero-order valence-corrected chi connectivity index (χ0v) is 16.8. The van der Waals surface area contributed by atoms with Gasteiger partial charge in [0.15, 0.2) is 0 Å². The summed E-state index contributed by atoms with van der Waals surface area (Å²) in [6, 6.07) is 5.23. The van der Waals surface area contributed by atoms with Gasteiger partial charge in [-0.3, -0.25) is 4.79 Å². The van der Waals surface area contributed by atoms with E-state index >= 15 is 0 Å². The Morgan fingerprint density at radius 3 is 2.63 bits per heavy atom. The number of ether oxygens (including phenoxy) is 1. The number of benzene rings is 1. The van der Waals surface area contributed by atoms with Gasteiger partial charge in [-0.1, -0.05) is 19.9 Å². The second-order valence-electron chi connectivity index (χ2n) is 6.72. The van der Waals surface area contributed by atoms with Crippen LogP contribution in [0, 0.1) is 5.92 Å². The number of rotatable bonds is 6. The van der Waals surface area contributed by atoms with Gasteiger partial charge in [0.25, 0.3) is 0 Å². The van der Waals surface area contributed by atoms with Crippen LogP contribution in [0.2, 0.25) is 0 Å². The van der Waals surface area contributed by atoms with Gasteiger partial charge in [0.2, 0.25) is 5.91 Å². The number of halogens is 5. The van der Waals surface area contributed by atoms with Crippen molar-refractivity contribution < 1.29 is 22.7 Å². The minimum Gasteiger partial charge on any atom is -0.406 e. The molecule has 1 aromatic rings. The number of nitrogens with zero attached hydrogens (tertiary/aromatic N) is 1. The van der Waals surface area contributed by atoms with Crippen LogP contribution in [0.3, 0.4) is 0 Å². The highest BCUT2D eigenvalue weighted by Crippen LogP contribution is 2.28. The van der Waals surface area contributed by atoms with E-state index in [1.807, 2.05) is 18.7 Å². The summed E-state index contributed by atoms with van der Waals surface area (Å²) in [5, 5.41) is 2.92. The van der Waals surface area contributed by atoms with Gasteiger partial charge < -0.3 is 20.7 Å². The van der Waals surface area contributed by atoms with E-state index < -0.39 is 12.4 Å². The van der Waals surface area contributed by atoms with Crippen LogP contribution in [0.1, 0.15) is 26.7 Å². The number of alkyl halides is 3. The van der Waals surface area contributed by atoms with Gasteiger partial charge in [0.05, 0.1) is 6.04 Å². The lowest BCUT2D eigenvalue weighted by molar-refractivity contribution is -0.274. The molecule has 156 valence electrons. The van der Waals surface area contributed by atoms with E-state index in [4.69, 9.17) is 5.73 Å². The molecule has 5 nitrogen and oxygen atoms in total. The lowest BCUT2D eigenvalue weighted by Crippen LogP contribution is -2.46. The van der Waals surface area contributed by atoms with Crippen molar-refractivity contribution in [3.05, 3.63) is 24.3 Å². The highest BCUT2D eigenvalue weighted by Gasteiger charge is 2.32. The molecule has 1 heterocycles. The van der Waals surface area contributed by atoms with E-state index in [1.54, 1.807) is 6.07 Å². The SMILES string of the molecule is CC(C)C[C@H](N)C(=O)NC1CCN(c2cccc(OC(F)(F)F)c2)C1.Cl.Cl. The Kier molecular flexibility index (Phi) is 10.3. The summed E-state index contributed by atoms with van der Waals surface area (Å²) < 4.78 is 40.9. The quantitative estimate of drug-likeness (QED) is 0.722. The van der Waals surface area contributed by atoms with Crippen LogP contribution in [-0.2, 0) is 4.79 Å². The minimum atomic E-state index is -4.72. The molecule has 3 N–H and O–H groups in total. The Bertz CT molecular complexity index is 603. The van der Waals surface area contributed by atoms with Crippen molar-refractivity contribution in [1.29, 1.82) is 0 Å². The number of hydrogen-bond donors (Lipinski definition) is 2. The highest BCUT2D eigenvalue weighted by molar-refractivity contribution is 5.85. The van der Waals surface area contributed by atoms with E-state index in [-0.39, 0.29) is 42.5 Å². The predicted molar refractivity (Wildman–Crippen MR) is 104 cm³/mol. The van der Waals surface area contributed by atoms with E-state index in [9.17, 15) is 18.0 Å². The molecule has 2 rings (SSSR count). The molecule has 0 radical (unpaired) electrons. The average molecular weight is 432 g/mol. The fraction of sp³-hybridized carbons (Fsp3) is 0.588. The smallest absolute Gasteiger partial charge is 0.406 e. The molecule has 0 saturated carbocycles. The van der Waals surface area contributed by atoms with E-state index in [1.165, 1.54) is 18.2 Å². The van der Waals surface area contributed by atoms with Gasteiger partial charge in [-0.15, -0.1) is 38.0 Å². The summed E-state index contributed by atoms with van der Waals surface area (Å²) >= 11 is 0. The van der Waals surface area contributed by atoms with Crippen LogP contribution in [-0.4, -0.2) is 37.4 Å². The lowest BCUT2D eigenvalue weighted by atomic mass is 10.0. The first kappa shape index (κ1) is 25.6. The summed E-state index contributed by atoms with van der Waals surface area (Å²) in [4.78, 5) is 14.0. The summed E-state index contributed by atoms with van der Waals surface area (Å²) in [7, 11) is 0. The fourth-order valence-corrected chi connectivity index (χ4v) is 2.91. The summed E-state index contributed by atoms with van der Waals surface area (Å²) in [6.45, 7) is 5.16. The van der Waals surface area contributed by atoms with E-state index in [2.05, 4.69) is 10.1 Å². The predicted octanol–water partition coefficient (Wildman–Crippen LogP) is 3.50. The van der Waals surface area contributed by atoms with Crippen molar-refractivity contribution in [3.8, 4) is 5.75 Å². The molecule has 1 amide bonds. The molecule has 10 heteroatoms. The van der Waals surface area contributed by atoms with E-state index in [0.717, 1.165) is 0 Å². The van der Waals surface area contributed by atoms with Crippen molar-refractivity contribution in [3.63, 3.8) is 0 Å². The number of nitrogens with one attached hydrogen (secondary N) is 1. The molecule has 1 fully saturated rings. The lowest BCUT2D eigenvalue weighted by Gasteiger charge is -2.21. The molecule has 1 aliphatic heterocycles. The molecular formula is C17H26Cl2F3N3O2. The Labute approximate surface area is 169 Å². The van der Waals surface area contributed by atoms with E-state index in [0.29, 0.717) is 37.5 Å². The molecule has 0 spiro atoms. The summed E-state index contributed by atoms with van der Waals surface area (Å²) in [5.74, 6) is -0.108. The fourth-order valence-electron chi connectivity index (χ4n) is 2.91. The molecule has 1 saturated heterocycles. The second kappa shape index (κ2) is 10.8. The first-order chi connectivity index (χ1) is 11.6. The molecule has 0 aliphatic carbocycles. The molecule has 1 aliphatic rings. The number of hydrogen-bond acceptors (Lipinski definition) is 4. The van der Waals surface area contributed by atoms with Crippen LogP contribution in [0.25, 0.3) is 0 Å². The highest BCUT2D eigenvalue weighted by atomic mass is 35.5. The number of anilines is 1. The van der Waals surface area contributed by atoms with Crippen molar-refractivity contribution >= 4 is 36.4 Å². The first-order valence-electron chi connectivity index (χ1n) is 8.31. The van der Waals surface area contributed by atoms with Crippen LogP contribution < -0.4 is 20.7 Å². The third kappa shape index (κ3) is 8.45. The largest absolute Gasteiger partial charge is 0.573 e. The van der Waals surface area contributed by atoms with Crippen molar-refractivity contribution in [2.24, 2.45) is 11.7 Å². The zero-order valence-electron chi connectivity index (χ0n) is 15.2. The molecule has 0 aromatic heterocycles. The van der Waals surface area contributed by atoms with Crippen LogP contribution >= 0.6 is 24.8 Å². The molecule has 1 aromatic carbocycles. The molecular weight excluding hydrogens is 406 g/mol. The van der Waals surface area contributed by atoms with Crippen LogP contribution in [0.4, 0.5) is 18.9 Å². The topological polar surface area (TPSA) is 67.6 Å². The molecule has 0 bridgehead atoms. The Balaban J connectivity index is 0.00000338. The van der Waals surface area contributed by atoms with Crippen molar-refractivity contribution in [1.82, 2.24) is 5.32 Å². The van der Waals surface area contributed by atoms with Gasteiger partial charge in [0.1, 0.15) is 5.75 Å². The number of carbonyl (C=O) groups is 1. The number of carbonyl (C=O) groups excluding carboxylic acids is 1. The minimum absolute atomic E-state index is 0. The van der Waals surface area contributed by atoms with Gasteiger partial charge in [0, 0.05) is 30.9 Å².